The second kappa shape index (κ2) is 12.7. The molecule has 0 saturated carbocycles. The van der Waals surface area contributed by atoms with Crippen LogP contribution in [0.1, 0.15) is 42.4 Å². The van der Waals surface area contributed by atoms with Gasteiger partial charge in [0.15, 0.2) is 5.69 Å². The predicted molar refractivity (Wildman–Crippen MR) is 160 cm³/mol. The van der Waals surface area contributed by atoms with Crippen molar-refractivity contribution in [3.63, 3.8) is 0 Å². The SMILES string of the molecule is CC(C)(C)[C@H](NC(=O)c1nn(Cc2ccc(C(F)(F)F)cc2)c2ccccc12)C(=O)NCCNS(=O)(=O)c1ccc(N)cc1. The number of nitrogens with one attached hydrogen (secondary N) is 3. The lowest BCUT2D eigenvalue weighted by Crippen LogP contribution is -2.54. The number of sulfonamides is 1. The lowest BCUT2D eigenvalue weighted by Gasteiger charge is -2.30. The van der Waals surface area contributed by atoms with Gasteiger partial charge >= 0.3 is 6.18 Å². The molecule has 14 heteroatoms. The zero-order valence-corrected chi connectivity index (χ0v) is 25.1. The number of nitrogen functional groups attached to an aromatic ring is 1. The Morgan fingerprint density at radius 3 is 2.18 bits per heavy atom. The van der Waals surface area contributed by atoms with Gasteiger partial charge in [0.2, 0.25) is 15.9 Å². The molecule has 0 fully saturated rings. The van der Waals surface area contributed by atoms with Crippen LogP contribution in [0.15, 0.2) is 77.7 Å². The van der Waals surface area contributed by atoms with Gasteiger partial charge in [0.1, 0.15) is 6.04 Å². The van der Waals surface area contributed by atoms with E-state index in [4.69, 9.17) is 5.73 Å². The molecule has 0 aliphatic heterocycles. The van der Waals surface area contributed by atoms with Crippen molar-refractivity contribution in [3.8, 4) is 0 Å². The van der Waals surface area contributed by atoms with Crippen molar-refractivity contribution in [2.24, 2.45) is 5.41 Å². The Morgan fingerprint density at radius 1 is 0.932 bits per heavy atom. The van der Waals surface area contributed by atoms with E-state index in [1.54, 1.807) is 45.0 Å². The fourth-order valence-corrected chi connectivity index (χ4v) is 5.50. The molecule has 0 bridgehead atoms. The molecule has 0 unspecified atom stereocenters. The summed E-state index contributed by atoms with van der Waals surface area (Å²) < 4.78 is 67.8. The molecule has 0 radical (unpaired) electrons. The number of carbonyl (C=O) groups excluding carboxylic acids is 2. The molecule has 1 aromatic heterocycles. The number of alkyl halides is 3. The molecule has 2 amide bonds. The normalized spacial score (nSPS) is 13.0. The number of fused-ring (bicyclic) bond motifs is 1. The summed E-state index contributed by atoms with van der Waals surface area (Å²) in [6.45, 7) is 5.28. The van der Waals surface area contributed by atoms with Crippen LogP contribution in [-0.2, 0) is 27.5 Å². The van der Waals surface area contributed by atoms with E-state index in [1.165, 1.54) is 41.1 Å². The molecule has 1 atom stereocenters. The van der Waals surface area contributed by atoms with E-state index in [1.807, 2.05) is 0 Å². The topological polar surface area (TPSA) is 148 Å². The molecule has 234 valence electrons. The second-order valence-corrected chi connectivity index (χ2v) is 13.0. The van der Waals surface area contributed by atoms with E-state index < -0.39 is 45.0 Å². The number of halogens is 3. The summed E-state index contributed by atoms with van der Waals surface area (Å²) in [6, 6.07) is 16.3. The number of para-hydroxylation sites is 1. The quantitative estimate of drug-likeness (QED) is 0.154. The third-order valence-corrected chi connectivity index (χ3v) is 8.27. The zero-order valence-electron chi connectivity index (χ0n) is 24.3. The van der Waals surface area contributed by atoms with Crippen LogP contribution >= 0.6 is 0 Å². The number of rotatable bonds is 10. The lowest BCUT2D eigenvalue weighted by atomic mass is 9.86. The summed E-state index contributed by atoms with van der Waals surface area (Å²) in [6.07, 6.45) is -4.45. The smallest absolute Gasteiger partial charge is 0.399 e. The van der Waals surface area contributed by atoms with Crippen LogP contribution in [0.25, 0.3) is 10.9 Å². The van der Waals surface area contributed by atoms with Crippen molar-refractivity contribution >= 4 is 38.4 Å². The van der Waals surface area contributed by atoms with Crippen molar-refractivity contribution in [1.29, 1.82) is 0 Å². The van der Waals surface area contributed by atoms with Crippen LogP contribution in [0.4, 0.5) is 18.9 Å². The van der Waals surface area contributed by atoms with Crippen LogP contribution in [0, 0.1) is 5.41 Å². The standard InChI is InChI=1S/C30H33F3N6O4S/c1-29(2,3)26(28(41)35-16-17-36-44(42,43)22-14-12-21(34)13-15-22)37-27(40)25-23-6-4-5-7-24(23)39(38-25)18-19-8-10-20(11-9-19)30(31,32)33/h4-15,26,36H,16-18,34H2,1-3H3,(H,35,41)(H,37,40)/t26-/m1/s1. The first-order chi connectivity index (χ1) is 20.6. The molecule has 0 spiro atoms. The summed E-state index contributed by atoms with van der Waals surface area (Å²) in [4.78, 5) is 26.7. The summed E-state index contributed by atoms with van der Waals surface area (Å²) in [7, 11) is -3.82. The number of aromatic nitrogens is 2. The predicted octanol–water partition coefficient (Wildman–Crippen LogP) is 3.92. The van der Waals surface area contributed by atoms with Crippen LogP contribution in [0.5, 0.6) is 0 Å². The van der Waals surface area contributed by atoms with Crippen molar-refractivity contribution in [2.45, 2.75) is 44.4 Å². The summed E-state index contributed by atoms with van der Waals surface area (Å²) in [5, 5.41) is 10.4. The number of nitrogens with two attached hydrogens (primary N) is 1. The number of benzene rings is 3. The molecule has 0 saturated heterocycles. The van der Waals surface area contributed by atoms with Crippen LogP contribution in [-0.4, -0.2) is 49.1 Å². The Kier molecular flexibility index (Phi) is 9.35. The van der Waals surface area contributed by atoms with Gasteiger partial charge in [-0.2, -0.15) is 18.3 Å². The Labute approximate surface area is 252 Å². The molecule has 0 aliphatic carbocycles. The first-order valence-electron chi connectivity index (χ1n) is 13.6. The van der Waals surface area contributed by atoms with Gasteiger partial charge < -0.3 is 16.4 Å². The Bertz CT molecular complexity index is 1750. The number of hydrogen-bond donors (Lipinski definition) is 4. The molecular weight excluding hydrogens is 597 g/mol. The van der Waals surface area contributed by atoms with Crippen molar-refractivity contribution in [2.75, 3.05) is 18.8 Å². The highest BCUT2D eigenvalue weighted by Crippen LogP contribution is 2.29. The number of nitrogens with zero attached hydrogens (tertiary/aromatic N) is 2. The van der Waals surface area contributed by atoms with E-state index in [2.05, 4.69) is 20.5 Å². The highest BCUT2D eigenvalue weighted by molar-refractivity contribution is 7.89. The van der Waals surface area contributed by atoms with Gasteiger partial charge in [0.05, 0.1) is 22.5 Å². The fourth-order valence-electron chi connectivity index (χ4n) is 4.47. The molecule has 0 aliphatic rings. The second-order valence-electron chi connectivity index (χ2n) is 11.2. The van der Waals surface area contributed by atoms with Crippen LogP contribution in [0.3, 0.4) is 0 Å². The lowest BCUT2D eigenvalue weighted by molar-refractivity contribution is -0.137. The van der Waals surface area contributed by atoms with Gasteiger partial charge in [0, 0.05) is 24.2 Å². The first kappa shape index (κ1) is 32.5. The Balaban J connectivity index is 1.45. The van der Waals surface area contributed by atoms with E-state index in [0.29, 0.717) is 22.2 Å². The maximum Gasteiger partial charge on any atom is 0.416 e. The number of carbonyl (C=O) groups is 2. The van der Waals surface area contributed by atoms with Gasteiger partial charge in [-0.3, -0.25) is 14.3 Å². The third kappa shape index (κ3) is 7.74. The highest BCUT2D eigenvalue weighted by Gasteiger charge is 2.34. The summed E-state index contributed by atoms with van der Waals surface area (Å²) in [5.41, 5.74) is 5.71. The molecule has 10 nitrogen and oxygen atoms in total. The number of anilines is 1. The maximum absolute atomic E-state index is 13.5. The third-order valence-electron chi connectivity index (χ3n) is 6.80. The highest BCUT2D eigenvalue weighted by atomic mass is 32.2. The number of hydrogen-bond acceptors (Lipinski definition) is 6. The average molecular weight is 631 g/mol. The largest absolute Gasteiger partial charge is 0.416 e. The zero-order chi connectivity index (χ0) is 32.3. The molecular formula is C30H33F3N6O4S. The van der Waals surface area contributed by atoms with E-state index in [0.717, 1.165) is 12.1 Å². The van der Waals surface area contributed by atoms with Gasteiger partial charge in [-0.15, -0.1) is 0 Å². The number of amides is 2. The molecule has 44 heavy (non-hydrogen) atoms. The first-order valence-corrected chi connectivity index (χ1v) is 15.1. The molecule has 4 rings (SSSR count). The molecule has 3 aromatic carbocycles. The van der Waals surface area contributed by atoms with E-state index in [9.17, 15) is 31.2 Å². The maximum atomic E-state index is 13.5. The Morgan fingerprint density at radius 2 is 1.57 bits per heavy atom. The van der Waals surface area contributed by atoms with Crippen molar-refractivity contribution < 1.29 is 31.2 Å². The van der Waals surface area contributed by atoms with Crippen LogP contribution < -0.4 is 21.1 Å². The van der Waals surface area contributed by atoms with E-state index >= 15 is 0 Å². The molecule has 1 heterocycles. The Hall–Kier alpha value is -4.43. The van der Waals surface area contributed by atoms with Gasteiger partial charge in [-0.25, -0.2) is 13.1 Å². The molecule has 4 aromatic rings. The fraction of sp³-hybridized carbons (Fsp3) is 0.300. The monoisotopic (exact) mass is 630 g/mol. The molecule has 5 N–H and O–H groups in total. The van der Waals surface area contributed by atoms with Gasteiger partial charge in [0.25, 0.3) is 5.91 Å². The van der Waals surface area contributed by atoms with Gasteiger partial charge in [-0.05, 0) is 53.4 Å². The van der Waals surface area contributed by atoms with Crippen LogP contribution in [0.2, 0.25) is 0 Å². The van der Waals surface area contributed by atoms with Crippen molar-refractivity contribution in [1.82, 2.24) is 25.1 Å². The summed E-state index contributed by atoms with van der Waals surface area (Å²) in [5.74, 6) is -1.14. The minimum absolute atomic E-state index is 0.0304. The van der Waals surface area contributed by atoms with Gasteiger partial charge in [-0.1, -0.05) is 51.1 Å². The average Bonchev–Trinajstić information content (AvgIpc) is 3.31. The summed E-state index contributed by atoms with van der Waals surface area (Å²) >= 11 is 0. The van der Waals surface area contributed by atoms with E-state index in [-0.39, 0.29) is 30.2 Å². The minimum atomic E-state index is -4.45. The minimum Gasteiger partial charge on any atom is -0.399 e. The van der Waals surface area contributed by atoms with Crippen molar-refractivity contribution in [3.05, 3.63) is 89.6 Å².